The molecule has 1 atom stereocenters. The monoisotopic (exact) mass is 336 g/mol. The minimum atomic E-state index is -1.20. The summed E-state index contributed by atoms with van der Waals surface area (Å²) in [6, 6.07) is 0. The third-order valence-corrected chi connectivity index (χ3v) is 4.86. The van der Waals surface area contributed by atoms with E-state index < -0.39 is 18.1 Å². The van der Waals surface area contributed by atoms with E-state index in [0.717, 1.165) is 12.8 Å². The Morgan fingerprint density at radius 2 is 1.54 bits per heavy atom. The van der Waals surface area contributed by atoms with Gasteiger partial charge in [0.1, 0.15) is 0 Å². The zero-order valence-electron chi connectivity index (χ0n) is 13.2. The van der Waals surface area contributed by atoms with Crippen molar-refractivity contribution >= 4 is 23.6 Å². The van der Waals surface area contributed by atoms with Gasteiger partial charge >= 0.3 is 0 Å². The number of rotatable bonds is 5. The molecule has 130 valence electrons. The summed E-state index contributed by atoms with van der Waals surface area (Å²) < 4.78 is 0. The molecule has 1 N–H and O–H groups in total. The number of amides is 4. The van der Waals surface area contributed by atoms with Crippen LogP contribution >= 0.6 is 0 Å². The predicted octanol–water partition coefficient (Wildman–Crippen LogP) is 0.117. The molecule has 8 nitrogen and oxygen atoms in total. The van der Waals surface area contributed by atoms with Gasteiger partial charge in [-0.15, -0.1) is 0 Å². The van der Waals surface area contributed by atoms with Gasteiger partial charge in [-0.05, 0) is 31.6 Å². The van der Waals surface area contributed by atoms with Gasteiger partial charge in [0.25, 0.3) is 23.6 Å². The summed E-state index contributed by atoms with van der Waals surface area (Å²) in [6.07, 6.45) is 4.35. The summed E-state index contributed by atoms with van der Waals surface area (Å²) in [7, 11) is 0. The van der Waals surface area contributed by atoms with E-state index >= 15 is 0 Å². The quantitative estimate of drug-likeness (QED) is 0.565. The first kappa shape index (κ1) is 16.8. The standard InChI is InChI=1S/C16H20N2O6/c19-12-5-6-13(20)17(12)9-10-1-3-11(4-2-10)16(23)24-18-14(21)7-8-15(18)22/h5-6,10-11,16,23H,1-4,7-9H2. The molecule has 1 unspecified atom stereocenters. The summed E-state index contributed by atoms with van der Waals surface area (Å²) in [5, 5.41) is 10.8. The topological polar surface area (TPSA) is 104 Å². The number of hydroxylamine groups is 2. The molecule has 3 aliphatic rings. The van der Waals surface area contributed by atoms with Crippen LogP contribution in [0.1, 0.15) is 38.5 Å². The average Bonchev–Trinajstić information content (AvgIpc) is 3.05. The van der Waals surface area contributed by atoms with Crippen LogP contribution < -0.4 is 0 Å². The van der Waals surface area contributed by atoms with Gasteiger partial charge in [-0.3, -0.25) is 24.1 Å². The van der Waals surface area contributed by atoms with Crippen LogP contribution in [0.15, 0.2) is 12.2 Å². The van der Waals surface area contributed by atoms with Crippen molar-refractivity contribution in [1.29, 1.82) is 0 Å². The number of aliphatic hydroxyl groups is 1. The van der Waals surface area contributed by atoms with Crippen LogP contribution in [0, 0.1) is 11.8 Å². The maximum absolute atomic E-state index is 11.6. The molecule has 0 radical (unpaired) electrons. The Labute approximate surface area is 139 Å². The first-order valence-corrected chi connectivity index (χ1v) is 8.20. The Morgan fingerprint density at radius 3 is 2.08 bits per heavy atom. The highest BCUT2D eigenvalue weighted by Crippen LogP contribution is 2.33. The SMILES string of the molecule is O=C1C=CC(=O)N1CC1CCC(C(O)ON2C(=O)CCC2=O)CC1. The lowest BCUT2D eigenvalue weighted by Crippen LogP contribution is -2.40. The highest BCUT2D eigenvalue weighted by molar-refractivity contribution is 6.12. The highest BCUT2D eigenvalue weighted by Gasteiger charge is 2.36. The molecule has 2 fully saturated rings. The van der Waals surface area contributed by atoms with Crippen LogP contribution in [-0.2, 0) is 24.0 Å². The van der Waals surface area contributed by atoms with Crippen LogP contribution in [0.5, 0.6) is 0 Å². The van der Waals surface area contributed by atoms with Gasteiger partial charge in [-0.2, -0.15) is 5.06 Å². The van der Waals surface area contributed by atoms with Crippen LogP contribution in [0.3, 0.4) is 0 Å². The molecule has 0 spiro atoms. The highest BCUT2D eigenvalue weighted by atomic mass is 16.8. The lowest BCUT2D eigenvalue weighted by atomic mass is 9.81. The van der Waals surface area contributed by atoms with E-state index in [0.29, 0.717) is 24.4 Å². The fraction of sp³-hybridized carbons (Fsp3) is 0.625. The molecular weight excluding hydrogens is 316 g/mol. The van der Waals surface area contributed by atoms with E-state index in [-0.39, 0.29) is 36.5 Å². The minimum absolute atomic E-state index is 0.115. The van der Waals surface area contributed by atoms with Crippen molar-refractivity contribution in [3.63, 3.8) is 0 Å². The van der Waals surface area contributed by atoms with Gasteiger partial charge in [0.05, 0.1) is 0 Å². The number of carbonyl (C=O) groups is 4. The summed E-state index contributed by atoms with van der Waals surface area (Å²) in [5.41, 5.74) is 0. The second-order valence-corrected chi connectivity index (χ2v) is 6.48. The summed E-state index contributed by atoms with van der Waals surface area (Å²) in [6.45, 7) is 0.386. The molecule has 0 aromatic heterocycles. The smallest absolute Gasteiger partial charge is 0.254 e. The normalized spacial score (nSPS) is 29.0. The van der Waals surface area contributed by atoms with Crippen LogP contribution in [-0.4, -0.2) is 51.5 Å². The fourth-order valence-electron chi connectivity index (χ4n) is 3.39. The van der Waals surface area contributed by atoms with E-state index in [1.165, 1.54) is 17.1 Å². The van der Waals surface area contributed by atoms with Crippen molar-refractivity contribution in [1.82, 2.24) is 9.96 Å². The summed E-state index contributed by atoms with van der Waals surface area (Å²) >= 11 is 0. The fourth-order valence-corrected chi connectivity index (χ4v) is 3.39. The number of aliphatic hydroxyl groups excluding tert-OH is 1. The molecule has 2 heterocycles. The Balaban J connectivity index is 1.46. The zero-order valence-corrected chi connectivity index (χ0v) is 13.2. The molecule has 1 aliphatic carbocycles. The van der Waals surface area contributed by atoms with Crippen molar-refractivity contribution < 1.29 is 29.1 Å². The maximum atomic E-state index is 11.6. The molecule has 8 heteroatoms. The van der Waals surface area contributed by atoms with E-state index in [9.17, 15) is 24.3 Å². The van der Waals surface area contributed by atoms with Crippen LogP contribution in [0.25, 0.3) is 0 Å². The van der Waals surface area contributed by atoms with E-state index in [1.807, 2.05) is 0 Å². The third-order valence-electron chi connectivity index (χ3n) is 4.86. The molecule has 24 heavy (non-hydrogen) atoms. The molecular formula is C16H20N2O6. The van der Waals surface area contributed by atoms with Gasteiger partial charge in [0.2, 0.25) is 0 Å². The minimum Gasteiger partial charge on any atom is -0.366 e. The maximum Gasteiger partial charge on any atom is 0.254 e. The number of imide groups is 2. The Hall–Kier alpha value is -2.06. The second-order valence-electron chi connectivity index (χ2n) is 6.48. The summed E-state index contributed by atoms with van der Waals surface area (Å²) in [5.74, 6) is -1.40. The van der Waals surface area contributed by atoms with Crippen LogP contribution in [0.4, 0.5) is 0 Å². The van der Waals surface area contributed by atoms with E-state index in [1.54, 1.807) is 0 Å². The number of carbonyl (C=O) groups excluding carboxylic acids is 4. The molecule has 3 rings (SSSR count). The molecule has 1 saturated carbocycles. The molecule has 0 aromatic rings. The first-order chi connectivity index (χ1) is 11.5. The third kappa shape index (κ3) is 3.39. The van der Waals surface area contributed by atoms with Gasteiger partial charge in [0, 0.05) is 37.5 Å². The molecule has 1 saturated heterocycles. The number of hydrogen-bond donors (Lipinski definition) is 1. The van der Waals surface area contributed by atoms with Gasteiger partial charge < -0.3 is 5.11 Å². The summed E-state index contributed by atoms with van der Waals surface area (Å²) in [4.78, 5) is 52.5. The van der Waals surface area contributed by atoms with Crippen molar-refractivity contribution in [3.05, 3.63) is 12.2 Å². The first-order valence-electron chi connectivity index (χ1n) is 8.20. The van der Waals surface area contributed by atoms with Crippen molar-refractivity contribution in [2.45, 2.75) is 44.8 Å². The number of hydrogen-bond acceptors (Lipinski definition) is 6. The molecule has 2 aliphatic heterocycles. The van der Waals surface area contributed by atoms with Crippen molar-refractivity contribution in [3.8, 4) is 0 Å². The van der Waals surface area contributed by atoms with E-state index in [4.69, 9.17) is 4.84 Å². The lowest BCUT2D eigenvalue weighted by Gasteiger charge is -2.33. The van der Waals surface area contributed by atoms with Crippen LogP contribution in [0.2, 0.25) is 0 Å². The van der Waals surface area contributed by atoms with Gasteiger partial charge in [0.15, 0.2) is 6.29 Å². The molecule has 0 aromatic carbocycles. The van der Waals surface area contributed by atoms with E-state index in [2.05, 4.69) is 0 Å². The average molecular weight is 336 g/mol. The largest absolute Gasteiger partial charge is 0.366 e. The number of nitrogens with zero attached hydrogens (tertiary/aromatic N) is 2. The van der Waals surface area contributed by atoms with Gasteiger partial charge in [-0.1, -0.05) is 0 Å². The predicted molar refractivity (Wildman–Crippen MR) is 79.5 cm³/mol. The zero-order chi connectivity index (χ0) is 17.3. The Kier molecular flexibility index (Phi) is 4.77. The second kappa shape index (κ2) is 6.82. The van der Waals surface area contributed by atoms with Crippen molar-refractivity contribution in [2.24, 2.45) is 11.8 Å². The Bertz CT molecular complexity index is 559. The lowest BCUT2D eigenvalue weighted by molar-refractivity contribution is -0.261. The van der Waals surface area contributed by atoms with Crippen molar-refractivity contribution in [2.75, 3.05) is 6.54 Å². The Morgan fingerprint density at radius 1 is 1.00 bits per heavy atom. The molecule has 4 amide bonds. The molecule has 0 bridgehead atoms. The van der Waals surface area contributed by atoms with Gasteiger partial charge in [-0.25, -0.2) is 4.84 Å².